The summed E-state index contributed by atoms with van der Waals surface area (Å²) in [7, 11) is 0. The van der Waals surface area contributed by atoms with Gasteiger partial charge in [0.1, 0.15) is 5.82 Å². The number of hydrogen-bond acceptors (Lipinski definition) is 0. The zero-order chi connectivity index (χ0) is 13.8. The first-order valence-electron chi connectivity index (χ1n) is 5.85. The molecule has 19 heavy (non-hydrogen) atoms. The minimum atomic E-state index is -0.256. The van der Waals surface area contributed by atoms with Crippen LogP contribution in [0.4, 0.5) is 4.39 Å². The normalized spacial score (nSPS) is 12.4. The van der Waals surface area contributed by atoms with Crippen molar-refractivity contribution < 1.29 is 4.39 Å². The van der Waals surface area contributed by atoms with Crippen LogP contribution in [0.2, 0.25) is 5.02 Å². The lowest BCUT2D eigenvalue weighted by Crippen LogP contribution is -2.05. The Bertz CT molecular complexity index is 572. The molecule has 2 aromatic rings. The molecular formula is C15H12BrCl2F. The van der Waals surface area contributed by atoms with Crippen LogP contribution in [0.15, 0.2) is 46.9 Å². The largest absolute Gasteiger partial charge is 0.206 e. The van der Waals surface area contributed by atoms with Crippen LogP contribution in [0.1, 0.15) is 17.0 Å². The maximum absolute atomic E-state index is 13.2. The Kier molecular flexibility index (Phi) is 5.26. The second-order valence-corrected chi connectivity index (χ2v) is 5.96. The minimum Gasteiger partial charge on any atom is -0.206 e. The molecule has 0 N–H and O–H groups in total. The Morgan fingerprint density at radius 2 is 1.95 bits per heavy atom. The van der Waals surface area contributed by atoms with Gasteiger partial charge < -0.3 is 0 Å². The molecule has 0 saturated heterocycles. The summed E-state index contributed by atoms with van der Waals surface area (Å²) in [5, 5.41) is 0.702. The molecule has 1 atom stereocenters. The van der Waals surface area contributed by atoms with Crippen molar-refractivity contribution >= 4 is 39.1 Å². The molecule has 0 spiro atoms. The van der Waals surface area contributed by atoms with E-state index in [0.717, 1.165) is 17.5 Å². The average Bonchev–Trinajstić information content (AvgIpc) is 2.40. The van der Waals surface area contributed by atoms with Crippen LogP contribution >= 0.6 is 39.1 Å². The number of alkyl halides is 1. The summed E-state index contributed by atoms with van der Waals surface area (Å²) in [5.74, 6) is 0.404. The first-order chi connectivity index (χ1) is 9.10. The van der Waals surface area contributed by atoms with E-state index in [1.165, 1.54) is 6.07 Å². The van der Waals surface area contributed by atoms with Crippen molar-refractivity contribution in [2.75, 3.05) is 5.88 Å². The number of benzene rings is 2. The van der Waals surface area contributed by atoms with E-state index in [0.29, 0.717) is 15.4 Å². The third kappa shape index (κ3) is 3.95. The fourth-order valence-electron chi connectivity index (χ4n) is 1.97. The Labute approximate surface area is 130 Å². The van der Waals surface area contributed by atoms with Crippen molar-refractivity contribution in [3.63, 3.8) is 0 Å². The molecule has 4 heteroatoms. The van der Waals surface area contributed by atoms with Crippen molar-refractivity contribution in [2.24, 2.45) is 0 Å². The third-order valence-corrected chi connectivity index (χ3v) is 4.19. The molecule has 0 amide bonds. The van der Waals surface area contributed by atoms with Crippen LogP contribution in [0.25, 0.3) is 0 Å². The highest BCUT2D eigenvalue weighted by atomic mass is 79.9. The quantitative estimate of drug-likeness (QED) is 0.603. The molecule has 0 saturated carbocycles. The van der Waals surface area contributed by atoms with Crippen LogP contribution in [0, 0.1) is 5.82 Å². The fraction of sp³-hybridized carbons (Fsp3) is 0.200. The maximum Gasteiger partial charge on any atom is 0.137 e. The van der Waals surface area contributed by atoms with Crippen LogP contribution in [-0.4, -0.2) is 5.88 Å². The Balaban J connectivity index is 2.21. The summed E-state index contributed by atoms with van der Waals surface area (Å²) in [6.45, 7) is 0. The predicted molar refractivity (Wildman–Crippen MR) is 82.7 cm³/mol. The van der Waals surface area contributed by atoms with E-state index < -0.39 is 0 Å². The van der Waals surface area contributed by atoms with Gasteiger partial charge in [0, 0.05) is 16.8 Å². The van der Waals surface area contributed by atoms with Crippen LogP contribution in [-0.2, 0) is 6.42 Å². The molecule has 1 unspecified atom stereocenters. The highest BCUT2D eigenvalue weighted by molar-refractivity contribution is 9.10. The van der Waals surface area contributed by atoms with Crippen molar-refractivity contribution in [3.8, 4) is 0 Å². The summed E-state index contributed by atoms with van der Waals surface area (Å²) in [5.41, 5.74) is 2.14. The Morgan fingerprint density at radius 1 is 1.16 bits per heavy atom. The second kappa shape index (κ2) is 6.74. The molecule has 0 aliphatic carbocycles. The molecule has 0 heterocycles. The summed E-state index contributed by atoms with van der Waals surface area (Å²) < 4.78 is 13.7. The van der Waals surface area contributed by atoms with Gasteiger partial charge in [-0.2, -0.15) is 0 Å². The van der Waals surface area contributed by atoms with E-state index in [9.17, 15) is 4.39 Å². The van der Waals surface area contributed by atoms with Crippen molar-refractivity contribution in [3.05, 3.63) is 68.9 Å². The number of hydrogen-bond donors (Lipinski definition) is 0. The summed E-state index contributed by atoms with van der Waals surface area (Å²) in [6, 6.07) is 12.7. The first kappa shape index (κ1) is 14.8. The van der Waals surface area contributed by atoms with Gasteiger partial charge in [-0.1, -0.05) is 29.8 Å². The molecule has 0 nitrogen and oxygen atoms in total. The second-order valence-electron chi connectivity index (χ2n) is 4.36. The number of rotatable bonds is 4. The Morgan fingerprint density at radius 3 is 2.58 bits per heavy atom. The van der Waals surface area contributed by atoms with Gasteiger partial charge in [0.05, 0.1) is 4.47 Å². The van der Waals surface area contributed by atoms with Crippen molar-refractivity contribution in [1.29, 1.82) is 0 Å². The predicted octanol–water partition coefficient (Wildman–Crippen LogP) is 5.81. The summed E-state index contributed by atoms with van der Waals surface area (Å²) in [6.07, 6.45) is 0.753. The van der Waals surface area contributed by atoms with Gasteiger partial charge >= 0.3 is 0 Å². The molecule has 0 bridgehead atoms. The zero-order valence-electron chi connectivity index (χ0n) is 10.0. The minimum absolute atomic E-state index is 0.165. The van der Waals surface area contributed by atoms with Crippen LogP contribution in [0.3, 0.4) is 0 Å². The van der Waals surface area contributed by atoms with E-state index in [1.54, 1.807) is 12.1 Å². The standard InChI is InChI=1S/C15H12BrCl2F/c16-14-7-10(4-5-15(14)19)6-12(9-17)11-2-1-3-13(18)8-11/h1-5,7-8,12H,6,9H2. The van der Waals surface area contributed by atoms with E-state index in [2.05, 4.69) is 15.9 Å². The molecule has 0 aliphatic rings. The molecule has 0 fully saturated rings. The van der Waals surface area contributed by atoms with Gasteiger partial charge in [-0.3, -0.25) is 0 Å². The zero-order valence-corrected chi connectivity index (χ0v) is 13.1. The van der Waals surface area contributed by atoms with E-state index >= 15 is 0 Å². The van der Waals surface area contributed by atoms with Gasteiger partial charge in [-0.05, 0) is 57.7 Å². The lowest BCUT2D eigenvalue weighted by atomic mass is 9.93. The highest BCUT2D eigenvalue weighted by Crippen LogP contribution is 2.26. The third-order valence-electron chi connectivity index (χ3n) is 2.97. The monoisotopic (exact) mass is 360 g/mol. The fourth-order valence-corrected chi connectivity index (χ4v) is 2.89. The Hall–Kier alpha value is -0.570. The van der Waals surface area contributed by atoms with Gasteiger partial charge in [0.2, 0.25) is 0 Å². The lowest BCUT2D eigenvalue weighted by Gasteiger charge is -2.15. The van der Waals surface area contributed by atoms with Gasteiger partial charge in [-0.25, -0.2) is 4.39 Å². The van der Waals surface area contributed by atoms with Gasteiger partial charge in [0.15, 0.2) is 0 Å². The van der Waals surface area contributed by atoms with Crippen molar-refractivity contribution in [2.45, 2.75) is 12.3 Å². The highest BCUT2D eigenvalue weighted by Gasteiger charge is 2.12. The summed E-state index contributed by atoms with van der Waals surface area (Å²) >= 11 is 15.2. The number of halogens is 4. The van der Waals surface area contributed by atoms with Gasteiger partial charge in [0.25, 0.3) is 0 Å². The molecule has 0 aliphatic heterocycles. The topological polar surface area (TPSA) is 0 Å². The van der Waals surface area contributed by atoms with E-state index in [1.807, 2.05) is 24.3 Å². The molecule has 2 rings (SSSR count). The molecule has 100 valence electrons. The summed E-state index contributed by atoms with van der Waals surface area (Å²) in [4.78, 5) is 0. The lowest BCUT2D eigenvalue weighted by molar-refractivity contribution is 0.619. The molecule has 0 radical (unpaired) electrons. The maximum atomic E-state index is 13.2. The smallest absolute Gasteiger partial charge is 0.137 e. The average molecular weight is 362 g/mol. The van der Waals surface area contributed by atoms with Crippen LogP contribution < -0.4 is 0 Å². The van der Waals surface area contributed by atoms with E-state index in [4.69, 9.17) is 23.2 Å². The molecule has 2 aromatic carbocycles. The molecular weight excluding hydrogens is 350 g/mol. The van der Waals surface area contributed by atoms with Crippen LogP contribution in [0.5, 0.6) is 0 Å². The van der Waals surface area contributed by atoms with Gasteiger partial charge in [-0.15, -0.1) is 11.6 Å². The first-order valence-corrected chi connectivity index (χ1v) is 7.56. The van der Waals surface area contributed by atoms with Crippen molar-refractivity contribution in [1.82, 2.24) is 0 Å². The molecule has 0 aromatic heterocycles. The van der Waals surface area contributed by atoms with E-state index in [-0.39, 0.29) is 11.7 Å². The SMILES string of the molecule is Fc1ccc(CC(CCl)c2cccc(Cl)c2)cc1Br.